The molecule has 0 bridgehead atoms. The van der Waals surface area contributed by atoms with Gasteiger partial charge in [0.05, 0.1) is 11.5 Å². The van der Waals surface area contributed by atoms with Gasteiger partial charge >= 0.3 is 5.97 Å². The van der Waals surface area contributed by atoms with Crippen LogP contribution in [0, 0.1) is 12.3 Å². The smallest absolute Gasteiger partial charge is 0.348 e. The van der Waals surface area contributed by atoms with Gasteiger partial charge in [0.15, 0.2) is 0 Å². The Morgan fingerprint density at radius 3 is 3.00 bits per heavy atom. The van der Waals surface area contributed by atoms with E-state index in [1.165, 1.54) is 11.3 Å². The number of ether oxygens (including phenoxy) is 1. The molecular weight excluding hydrogens is 172 g/mol. The number of carbonyl (C=O) groups is 1. The molecule has 0 amide bonds. The van der Waals surface area contributed by atoms with E-state index in [4.69, 9.17) is 11.2 Å². The molecule has 0 unspecified atom stereocenters. The van der Waals surface area contributed by atoms with Crippen LogP contribution in [0.15, 0.2) is 12.1 Å². The minimum atomic E-state index is -0.302. The fourth-order valence-corrected chi connectivity index (χ4v) is 1.44. The van der Waals surface area contributed by atoms with E-state index < -0.39 is 0 Å². The summed E-state index contributed by atoms with van der Waals surface area (Å²) in [5, 5.41) is 0. The first-order valence-electron chi connectivity index (χ1n) is 3.51. The summed E-state index contributed by atoms with van der Waals surface area (Å²) in [4.78, 5) is 12.4. The van der Waals surface area contributed by atoms with E-state index in [9.17, 15) is 4.79 Å². The SMILES string of the molecule is C#Cc1ccc(C(=O)OCC)s1. The van der Waals surface area contributed by atoms with Crippen molar-refractivity contribution in [3.8, 4) is 12.3 Å². The lowest BCUT2D eigenvalue weighted by atomic mass is 10.4. The van der Waals surface area contributed by atoms with E-state index in [1.807, 2.05) is 0 Å². The van der Waals surface area contributed by atoms with Crippen LogP contribution < -0.4 is 0 Å². The summed E-state index contributed by atoms with van der Waals surface area (Å²) in [6.45, 7) is 2.16. The summed E-state index contributed by atoms with van der Waals surface area (Å²) in [5.74, 6) is 2.15. The summed E-state index contributed by atoms with van der Waals surface area (Å²) >= 11 is 1.27. The summed E-state index contributed by atoms with van der Waals surface area (Å²) in [6, 6.07) is 3.41. The molecular formula is C9H8O2S. The molecule has 0 fully saturated rings. The van der Waals surface area contributed by atoms with Crippen LogP contribution in [0.5, 0.6) is 0 Å². The molecule has 1 heterocycles. The first-order valence-corrected chi connectivity index (χ1v) is 4.33. The van der Waals surface area contributed by atoms with Crippen molar-refractivity contribution in [3.63, 3.8) is 0 Å². The first kappa shape index (κ1) is 8.82. The Kier molecular flexibility index (Phi) is 2.89. The molecule has 0 saturated heterocycles. The number of carbonyl (C=O) groups excluding carboxylic acids is 1. The molecule has 0 aliphatic carbocycles. The molecule has 12 heavy (non-hydrogen) atoms. The van der Waals surface area contributed by atoms with Crippen molar-refractivity contribution >= 4 is 17.3 Å². The van der Waals surface area contributed by atoms with Crippen molar-refractivity contribution in [2.24, 2.45) is 0 Å². The zero-order valence-electron chi connectivity index (χ0n) is 6.66. The Bertz CT molecular complexity index is 320. The van der Waals surface area contributed by atoms with Crippen molar-refractivity contribution < 1.29 is 9.53 Å². The number of terminal acetylenes is 1. The van der Waals surface area contributed by atoms with Gasteiger partial charge in [0.2, 0.25) is 0 Å². The molecule has 0 aromatic carbocycles. The van der Waals surface area contributed by atoms with Crippen LogP contribution in [-0.4, -0.2) is 12.6 Å². The lowest BCUT2D eigenvalue weighted by molar-refractivity contribution is 0.0532. The van der Waals surface area contributed by atoms with Crippen molar-refractivity contribution in [2.45, 2.75) is 6.92 Å². The third-order valence-corrected chi connectivity index (χ3v) is 2.22. The summed E-state index contributed by atoms with van der Waals surface area (Å²) in [7, 11) is 0. The maximum Gasteiger partial charge on any atom is 0.348 e. The summed E-state index contributed by atoms with van der Waals surface area (Å²) in [6.07, 6.45) is 5.15. The van der Waals surface area contributed by atoms with Gasteiger partial charge < -0.3 is 4.74 Å². The van der Waals surface area contributed by atoms with Gasteiger partial charge in [0, 0.05) is 0 Å². The van der Waals surface area contributed by atoms with Crippen LogP contribution >= 0.6 is 11.3 Å². The van der Waals surface area contributed by atoms with Crippen LogP contribution in [0.1, 0.15) is 21.5 Å². The van der Waals surface area contributed by atoms with E-state index in [-0.39, 0.29) is 5.97 Å². The molecule has 3 heteroatoms. The minimum absolute atomic E-state index is 0.302. The van der Waals surface area contributed by atoms with Crippen molar-refractivity contribution in [2.75, 3.05) is 6.61 Å². The molecule has 0 radical (unpaired) electrons. The molecule has 1 aromatic heterocycles. The molecule has 0 atom stereocenters. The molecule has 62 valence electrons. The molecule has 0 aliphatic heterocycles. The molecule has 0 aliphatic rings. The lowest BCUT2D eigenvalue weighted by Gasteiger charge is -1.95. The van der Waals surface area contributed by atoms with Gasteiger partial charge in [-0.15, -0.1) is 17.8 Å². The van der Waals surface area contributed by atoms with Gasteiger partial charge in [-0.25, -0.2) is 4.79 Å². The highest BCUT2D eigenvalue weighted by molar-refractivity contribution is 7.14. The van der Waals surface area contributed by atoms with Crippen molar-refractivity contribution in [1.29, 1.82) is 0 Å². The third kappa shape index (κ3) is 1.86. The molecule has 1 rings (SSSR count). The van der Waals surface area contributed by atoms with Gasteiger partial charge in [-0.1, -0.05) is 5.92 Å². The van der Waals surface area contributed by atoms with E-state index in [1.54, 1.807) is 19.1 Å². The predicted molar refractivity (Wildman–Crippen MR) is 48.2 cm³/mol. The standard InChI is InChI=1S/C9H8O2S/c1-3-7-5-6-8(12-7)9(10)11-4-2/h1,5-6H,4H2,2H3. The average Bonchev–Trinajstić information content (AvgIpc) is 2.52. The number of hydrogen-bond acceptors (Lipinski definition) is 3. The van der Waals surface area contributed by atoms with Gasteiger partial charge in [0.25, 0.3) is 0 Å². The van der Waals surface area contributed by atoms with Crippen molar-refractivity contribution in [3.05, 3.63) is 21.9 Å². The second-order valence-corrected chi connectivity index (χ2v) is 3.11. The second-order valence-electron chi connectivity index (χ2n) is 2.03. The van der Waals surface area contributed by atoms with E-state index in [0.717, 1.165) is 4.88 Å². The van der Waals surface area contributed by atoms with Gasteiger partial charge in [-0.05, 0) is 19.1 Å². The fourth-order valence-electron chi connectivity index (χ4n) is 0.727. The Morgan fingerprint density at radius 1 is 1.75 bits per heavy atom. The largest absolute Gasteiger partial charge is 0.462 e. The van der Waals surface area contributed by atoms with Gasteiger partial charge in [-0.2, -0.15) is 0 Å². The fraction of sp³-hybridized carbons (Fsp3) is 0.222. The molecule has 0 saturated carbocycles. The first-order chi connectivity index (χ1) is 5.77. The molecule has 2 nitrogen and oxygen atoms in total. The van der Waals surface area contributed by atoms with Gasteiger partial charge in [-0.3, -0.25) is 0 Å². The van der Waals surface area contributed by atoms with Crippen LogP contribution in [-0.2, 0) is 4.74 Å². The highest BCUT2D eigenvalue weighted by atomic mass is 32.1. The Labute approximate surface area is 75.2 Å². The Balaban J connectivity index is 2.76. The lowest BCUT2D eigenvalue weighted by Crippen LogP contribution is -2.01. The molecule has 0 spiro atoms. The number of esters is 1. The normalized spacial score (nSPS) is 9.00. The van der Waals surface area contributed by atoms with Crippen molar-refractivity contribution in [1.82, 2.24) is 0 Å². The molecule has 1 aromatic rings. The van der Waals surface area contributed by atoms with Crippen LogP contribution in [0.2, 0.25) is 0 Å². The van der Waals surface area contributed by atoms with Crippen LogP contribution in [0.3, 0.4) is 0 Å². The zero-order valence-corrected chi connectivity index (χ0v) is 7.48. The van der Waals surface area contributed by atoms with Crippen LogP contribution in [0.4, 0.5) is 0 Å². The zero-order chi connectivity index (χ0) is 8.97. The van der Waals surface area contributed by atoms with E-state index >= 15 is 0 Å². The molecule has 0 N–H and O–H groups in total. The maximum atomic E-state index is 11.1. The Hall–Kier alpha value is -1.27. The quantitative estimate of drug-likeness (QED) is 0.513. The second kappa shape index (κ2) is 3.93. The minimum Gasteiger partial charge on any atom is -0.462 e. The number of thiophene rings is 1. The third-order valence-electron chi connectivity index (χ3n) is 1.22. The summed E-state index contributed by atoms with van der Waals surface area (Å²) < 4.78 is 4.79. The van der Waals surface area contributed by atoms with Gasteiger partial charge in [0.1, 0.15) is 4.88 Å². The monoisotopic (exact) mass is 180 g/mol. The van der Waals surface area contributed by atoms with E-state index in [2.05, 4.69) is 5.92 Å². The number of hydrogen-bond donors (Lipinski definition) is 0. The summed E-state index contributed by atoms with van der Waals surface area (Å²) in [5.41, 5.74) is 0. The van der Waals surface area contributed by atoms with E-state index in [0.29, 0.717) is 11.5 Å². The highest BCUT2D eigenvalue weighted by Gasteiger charge is 2.08. The highest BCUT2D eigenvalue weighted by Crippen LogP contribution is 2.15. The predicted octanol–water partition coefficient (Wildman–Crippen LogP) is 1.91. The number of rotatable bonds is 2. The average molecular weight is 180 g/mol. The maximum absolute atomic E-state index is 11.1. The van der Waals surface area contributed by atoms with Crippen LogP contribution in [0.25, 0.3) is 0 Å². The topological polar surface area (TPSA) is 26.3 Å². The Morgan fingerprint density at radius 2 is 2.50 bits per heavy atom.